The van der Waals surface area contributed by atoms with Crippen molar-refractivity contribution >= 4 is 28.9 Å². The predicted octanol–water partition coefficient (Wildman–Crippen LogP) is 1.87. The van der Waals surface area contributed by atoms with Crippen LogP contribution in [0.25, 0.3) is 0 Å². The zero-order valence-corrected chi connectivity index (χ0v) is 12.8. The molecule has 1 aromatic carbocycles. The van der Waals surface area contributed by atoms with Crippen molar-refractivity contribution in [2.45, 2.75) is 26.7 Å². The minimum absolute atomic E-state index is 0.138. The van der Waals surface area contributed by atoms with E-state index in [0.717, 1.165) is 28.2 Å². The molecule has 0 aliphatic heterocycles. The summed E-state index contributed by atoms with van der Waals surface area (Å²) in [5.74, 6) is -2.08. The fourth-order valence-corrected chi connectivity index (χ4v) is 2.73. The number of thiazole rings is 1. The lowest BCUT2D eigenvalue weighted by atomic mass is 10.1. The number of hydrogen-bond donors (Lipinski definition) is 1. The molecular formula is C15H15N2O3S-. The number of hydrogen-bond acceptors (Lipinski definition) is 5. The lowest BCUT2D eigenvalue weighted by Gasteiger charge is -2.12. The Morgan fingerprint density at radius 2 is 2.05 bits per heavy atom. The molecule has 1 heterocycles. The minimum Gasteiger partial charge on any atom is -0.543 e. The number of carbonyl (C=O) groups excluding carboxylic acids is 2. The molecule has 0 spiro atoms. The van der Waals surface area contributed by atoms with Gasteiger partial charge >= 0.3 is 0 Å². The third kappa shape index (κ3) is 3.46. The van der Waals surface area contributed by atoms with E-state index in [1.165, 1.54) is 5.38 Å². The van der Waals surface area contributed by atoms with E-state index in [0.29, 0.717) is 5.01 Å². The Morgan fingerprint density at radius 3 is 2.62 bits per heavy atom. The number of carbonyl (C=O) groups is 2. The van der Waals surface area contributed by atoms with Crippen LogP contribution in [-0.4, -0.2) is 16.9 Å². The summed E-state index contributed by atoms with van der Waals surface area (Å²) in [6.07, 6.45) is 0. The summed E-state index contributed by atoms with van der Waals surface area (Å²) < 4.78 is 0. The van der Waals surface area contributed by atoms with Crippen LogP contribution in [0.2, 0.25) is 0 Å². The first-order valence-electron chi connectivity index (χ1n) is 6.43. The number of nitrogens with zero attached hydrogens (tertiary/aromatic N) is 1. The second kappa shape index (κ2) is 6.05. The molecule has 0 aliphatic rings. The summed E-state index contributed by atoms with van der Waals surface area (Å²) in [5, 5.41) is 15.4. The number of aryl methyl sites for hydroxylation is 2. The van der Waals surface area contributed by atoms with Crippen molar-refractivity contribution in [3.8, 4) is 0 Å². The maximum Gasteiger partial charge on any atom is 0.234 e. The number of rotatable bonds is 4. The standard InChI is InChI=1S/C15H16N2O3S/c1-8-4-5-11(9(2)6-8)16-13(18)10(3)14-17-12(7-21-14)15(19)20/h4-7,10H,1-3H3,(H,16,18)(H,19,20)/p-1/t10-/m1/s1. The van der Waals surface area contributed by atoms with Crippen molar-refractivity contribution in [1.82, 2.24) is 4.98 Å². The first-order chi connectivity index (χ1) is 9.88. The number of nitrogens with one attached hydrogen (secondary N) is 1. The first-order valence-corrected chi connectivity index (χ1v) is 7.31. The average Bonchev–Trinajstić information content (AvgIpc) is 2.90. The van der Waals surface area contributed by atoms with Gasteiger partial charge in [-0.25, -0.2) is 4.98 Å². The number of carboxylic acid groups (broad SMARTS) is 1. The van der Waals surface area contributed by atoms with Gasteiger partial charge in [0.05, 0.1) is 17.6 Å². The van der Waals surface area contributed by atoms with Crippen LogP contribution in [0.4, 0.5) is 5.69 Å². The second-order valence-corrected chi connectivity index (χ2v) is 5.78. The van der Waals surface area contributed by atoms with E-state index in [9.17, 15) is 14.7 Å². The van der Waals surface area contributed by atoms with Gasteiger partial charge in [-0.2, -0.15) is 0 Å². The van der Waals surface area contributed by atoms with E-state index < -0.39 is 11.9 Å². The summed E-state index contributed by atoms with van der Waals surface area (Å²) in [6.45, 7) is 5.60. The van der Waals surface area contributed by atoms with E-state index in [-0.39, 0.29) is 11.6 Å². The van der Waals surface area contributed by atoms with E-state index >= 15 is 0 Å². The molecule has 1 N–H and O–H groups in total. The van der Waals surface area contributed by atoms with Gasteiger partial charge in [-0.05, 0) is 32.4 Å². The molecule has 6 heteroatoms. The van der Waals surface area contributed by atoms with Crippen LogP contribution >= 0.6 is 11.3 Å². The van der Waals surface area contributed by atoms with Gasteiger partial charge in [0.1, 0.15) is 5.01 Å². The number of anilines is 1. The van der Waals surface area contributed by atoms with Crippen molar-refractivity contribution < 1.29 is 14.7 Å². The molecule has 0 saturated carbocycles. The molecule has 1 aromatic heterocycles. The summed E-state index contributed by atoms with van der Waals surface area (Å²) in [5.41, 5.74) is 2.71. The van der Waals surface area contributed by atoms with Gasteiger partial charge in [0.25, 0.3) is 0 Å². The molecule has 1 amide bonds. The van der Waals surface area contributed by atoms with Crippen LogP contribution in [0.5, 0.6) is 0 Å². The third-order valence-corrected chi connectivity index (χ3v) is 4.16. The van der Waals surface area contributed by atoms with Crippen molar-refractivity contribution in [2.24, 2.45) is 0 Å². The SMILES string of the molecule is Cc1ccc(NC(=O)[C@@H](C)c2nc(C(=O)[O-])cs2)c(C)c1. The van der Waals surface area contributed by atoms with Crippen molar-refractivity contribution in [2.75, 3.05) is 5.32 Å². The number of aromatic carboxylic acids is 1. The van der Waals surface area contributed by atoms with Crippen LogP contribution in [0.15, 0.2) is 23.6 Å². The quantitative estimate of drug-likeness (QED) is 0.934. The number of aromatic nitrogens is 1. The van der Waals surface area contributed by atoms with Gasteiger partial charge in [0, 0.05) is 11.1 Å². The van der Waals surface area contributed by atoms with Crippen LogP contribution in [0.3, 0.4) is 0 Å². The van der Waals surface area contributed by atoms with Gasteiger partial charge in [-0.1, -0.05) is 17.7 Å². The van der Waals surface area contributed by atoms with Crippen LogP contribution in [0, 0.1) is 13.8 Å². The average molecular weight is 303 g/mol. The lowest BCUT2D eigenvalue weighted by molar-refractivity contribution is -0.255. The highest BCUT2D eigenvalue weighted by molar-refractivity contribution is 7.10. The van der Waals surface area contributed by atoms with Gasteiger partial charge in [-0.15, -0.1) is 11.3 Å². The summed E-state index contributed by atoms with van der Waals surface area (Å²) in [6, 6.07) is 5.76. The normalized spacial score (nSPS) is 12.0. The van der Waals surface area contributed by atoms with E-state index in [4.69, 9.17) is 0 Å². The summed E-state index contributed by atoms with van der Waals surface area (Å²) in [4.78, 5) is 26.8. The Kier molecular flexibility index (Phi) is 4.37. The van der Waals surface area contributed by atoms with Crippen molar-refractivity contribution in [1.29, 1.82) is 0 Å². The molecular weight excluding hydrogens is 288 g/mol. The smallest absolute Gasteiger partial charge is 0.234 e. The molecule has 110 valence electrons. The first kappa shape index (κ1) is 15.2. The van der Waals surface area contributed by atoms with Gasteiger partial charge in [0.15, 0.2) is 0 Å². The monoisotopic (exact) mass is 303 g/mol. The Balaban J connectivity index is 2.13. The van der Waals surface area contributed by atoms with Crippen molar-refractivity contribution in [3.05, 3.63) is 45.4 Å². The Hall–Kier alpha value is -2.21. The molecule has 0 bridgehead atoms. The fraction of sp³-hybridized carbons (Fsp3) is 0.267. The number of carboxylic acids is 1. The molecule has 0 saturated heterocycles. The molecule has 0 unspecified atom stereocenters. The van der Waals surface area contributed by atoms with Gasteiger partial charge < -0.3 is 15.2 Å². The second-order valence-electron chi connectivity index (χ2n) is 4.89. The van der Waals surface area contributed by atoms with Gasteiger partial charge in [0.2, 0.25) is 5.91 Å². The van der Waals surface area contributed by atoms with Crippen molar-refractivity contribution in [3.63, 3.8) is 0 Å². The zero-order chi connectivity index (χ0) is 15.6. The maximum atomic E-state index is 12.2. The zero-order valence-electron chi connectivity index (χ0n) is 12.0. The Morgan fingerprint density at radius 1 is 1.33 bits per heavy atom. The highest BCUT2D eigenvalue weighted by Crippen LogP contribution is 2.23. The fourth-order valence-electron chi connectivity index (χ4n) is 1.89. The minimum atomic E-state index is -1.33. The van der Waals surface area contributed by atoms with Crippen LogP contribution < -0.4 is 10.4 Å². The molecule has 0 fully saturated rings. The Bertz CT molecular complexity index is 694. The van der Waals surface area contributed by atoms with E-state index in [1.807, 2.05) is 32.0 Å². The molecule has 0 aliphatic carbocycles. The number of amides is 1. The van der Waals surface area contributed by atoms with Crippen LogP contribution in [0.1, 0.15) is 39.5 Å². The topological polar surface area (TPSA) is 82.1 Å². The molecule has 2 aromatic rings. The highest BCUT2D eigenvalue weighted by Gasteiger charge is 2.19. The van der Waals surface area contributed by atoms with E-state index in [1.54, 1.807) is 6.92 Å². The maximum absolute atomic E-state index is 12.2. The number of benzene rings is 1. The van der Waals surface area contributed by atoms with E-state index in [2.05, 4.69) is 10.3 Å². The third-order valence-electron chi connectivity index (χ3n) is 3.13. The molecule has 21 heavy (non-hydrogen) atoms. The van der Waals surface area contributed by atoms with Crippen LogP contribution in [-0.2, 0) is 4.79 Å². The summed E-state index contributed by atoms with van der Waals surface area (Å²) >= 11 is 1.14. The lowest BCUT2D eigenvalue weighted by Crippen LogP contribution is -2.23. The predicted molar refractivity (Wildman–Crippen MR) is 79.4 cm³/mol. The summed E-state index contributed by atoms with van der Waals surface area (Å²) in [7, 11) is 0. The largest absolute Gasteiger partial charge is 0.543 e. The molecule has 1 atom stereocenters. The Labute approximate surface area is 126 Å². The molecule has 0 radical (unpaired) electrons. The molecule has 5 nitrogen and oxygen atoms in total. The molecule has 2 rings (SSSR count). The van der Waals surface area contributed by atoms with Gasteiger partial charge in [-0.3, -0.25) is 4.79 Å². The highest BCUT2D eigenvalue weighted by atomic mass is 32.1.